The van der Waals surface area contributed by atoms with Crippen molar-refractivity contribution >= 4 is 47.2 Å². The van der Waals surface area contributed by atoms with Gasteiger partial charge in [0.2, 0.25) is 17.7 Å². The number of amides is 5. The van der Waals surface area contributed by atoms with Crippen LogP contribution >= 0.6 is 0 Å². The first-order valence-corrected chi connectivity index (χ1v) is 19.1. The molecule has 310 valence electrons. The summed E-state index contributed by atoms with van der Waals surface area (Å²) in [7, 11) is 0. The Balaban J connectivity index is 0.00000390. The second kappa shape index (κ2) is 27.8. The summed E-state index contributed by atoms with van der Waals surface area (Å²) < 4.78 is 10.6. The summed E-state index contributed by atoms with van der Waals surface area (Å²) in [6, 6.07) is 3.91. The third-order valence-corrected chi connectivity index (χ3v) is 7.83. The van der Waals surface area contributed by atoms with Gasteiger partial charge in [0.15, 0.2) is 6.10 Å². The number of esters is 1. The van der Waals surface area contributed by atoms with E-state index in [9.17, 15) is 48.9 Å². The Morgan fingerprint density at radius 1 is 0.945 bits per heavy atom. The van der Waals surface area contributed by atoms with Gasteiger partial charge in [0, 0.05) is 44.1 Å². The Labute approximate surface area is 324 Å². The molecule has 2 heterocycles. The molecule has 1 saturated heterocycles. The van der Waals surface area contributed by atoms with Crippen molar-refractivity contribution in [3.8, 4) is 0 Å². The van der Waals surface area contributed by atoms with Crippen LogP contribution in [0, 0.1) is 0 Å². The van der Waals surface area contributed by atoms with Gasteiger partial charge in [-0.3, -0.25) is 33.7 Å². The Morgan fingerprint density at radius 2 is 1.56 bits per heavy atom. The molecule has 5 atom stereocenters. The number of aliphatic carboxylic acids is 1. The lowest BCUT2D eigenvalue weighted by atomic mass is 9.93. The number of aryl methyl sites for hydroxylation is 1. The average Bonchev–Trinajstić information content (AvgIpc) is 3.47. The lowest BCUT2D eigenvalue weighted by Crippen LogP contribution is -2.51. The molecule has 0 saturated carbocycles. The van der Waals surface area contributed by atoms with Gasteiger partial charge >= 0.3 is 11.9 Å². The summed E-state index contributed by atoms with van der Waals surface area (Å²) in [5.41, 5.74) is 1.65. The zero-order chi connectivity index (χ0) is 42.1. The Kier molecular flexibility index (Phi) is 25.5. The monoisotopic (exact) mass is 778 g/mol. The molecule has 2 aliphatic heterocycles. The van der Waals surface area contributed by atoms with Crippen LogP contribution in [-0.2, 0) is 56.1 Å². The Morgan fingerprint density at radius 3 is 2.15 bits per heavy atom. The van der Waals surface area contributed by atoms with E-state index in [0.717, 1.165) is 4.90 Å². The number of benzene rings is 1. The van der Waals surface area contributed by atoms with Crippen LogP contribution in [0.2, 0.25) is 0 Å². The number of aliphatic hydroxyl groups is 2. The topological polar surface area (TPSA) is 238 Å². The smallest absolute Gasteiger partial charge is 0.335 e. The maximum absolute atomic E-state index is 12.8. The second-order valence-electron chi connectivity index (χ2n) is 12.3. The van der Waals surface area contributed by atoms with E-state index < -0.39 is 54.2 Å². The van der Waals surface area contributed by atoms with Crippen molar-refractivity contribution in [2.24, 2.45) is 0 Å². The van der Waals surface area contributed by atoms with Crippen LogP contribution in [0.25, 0.3) is 0 Å². The summed E-state index contributed by atoms with van der Waals surface area (Å²) in [5.74, 6) is -4.09. The van der Waals surface area contributed by atoms with E-state index in [2.05, 4.69) is 29.8 Å². The number of ether oxygens (including phenoxy) is 2. The minimum absolute atomic E-state index is 0.0155. The molecular weight excluding hydrogens is 716 g/mol. The number of carbonyl (C=O) groups excluding carboxylic acids is 6. The zero-order valence-electron chi connectivity index (χ0n) is 33.5. The highest BCUT2D eigenvalue weighted by Crippen LogP contribution is 2.26. The van der Waals surface area contributed by atoms with Crippen LogP contribution in [0.5, 0.6) is 0 Å². The van der Waals surface area contributed by atoms with Gasteiger partial charge in [-0.1, -0.05) is 60.5 Å². The van der Waals surface area contributed by atoms with Crippen molar-refractivity contribution in [1.82, 2.24) is 15.5 Å². The maximum atomic E-state index is 12.8. The van der Waals surface area contributed by atoms with Gasteiger partial charge in [-0.05, 0) is 55.9 Å². The predicted octanol–water partition coefficient (Wildman–Crippen LogP) is 3.16. The molecular formula is C39H62N4O12. The van der Waals surface area contributed by atoms with Gasteiger partial charge in [-0.25, -0.2) is 4.79 Å². The molecule has 5 amide bonds. The Hall–Kier alpha value is -4.67. The van der Waals surface area contributed by atoms with Gasteiger partial charge in [-0.2, -0.15) is 0 Å². The molecule has 6 N–H and O–H groups in total. The molecule has 0 bridgehead atoms. The van der Waals surface area contributed by atoms with Crippen LogP contribution in [0.3, 0.4) is 0 Å². The van der Waals surface area contributed by atoms with E-state index in [1.807, 2.05) is 27.7 Å². The highest BCUT2D eigenvalue weighted by Gasteiger charge is 2.40. The first-order valence-electron chi connectivity index (χ1n) is 19.1. The van der Waals surface area contributed by atoms with Crippen LogP contribution in [0.1, 0.15) is 111 Å². The van der Waals surface area contributed by atoms with Gasteiger partial charge in [-0.15, -0.1) is 0 Å². The van der Waals surface area contributed by atoms with Crippen LogP contribution in [0.15, 0.2) is 30.4 Å². The summed E-state index contributed by atoms with van der Waals surface area (Å²) >= 11 is 0. The lowest BCUT2D eigenvalue weighted by molar-refractivity contribution is -0.193. The number of carboxylic acids is 1. The van der Waals surface area contributed by atoms with E-state index in [0.29, 0.717) is 42.5 Å². The highest BCUT2D eigenvalue weighted by atomic mass is 16.5. The van der Waals surface area contributed by atoms with Crippen LogP contribution < -0.4 is 16.0 Å². The van der Waals surface area contributed by atoms with Crippen molar-refractivity contribution in [1.29, 1.82) is 0 Å². The quantitative estimate of drug-likeness (QED) is 0.0760. The summed E-state index contributed by atoms with van der Waals surface area (Å²) in [6.07, 6.45) is 0.947. The van der Waals surface area contributed by atoms with Crippen molar-refractivity contribution in [2.75, 3.05) is 18.4 Å². The van der Waals surface area contributed by atoms with Crippen molar-refractivity contribution in [3.05, 3.63) is 41.5 Å². The van der Waals surface area contributed by atoms with E-state index in [4.69, 9.17) is 9.47 Å². The third kappa shape index (κ3) is 19.0. The van der Waals surface area contributed by atoms with E-state index >= 15 is 0 Å². The molecule has 16 heteroatoms. The summed E-state index contributed by atoms with van der Waals surface area (Å²) in [4.78, 5) is 84.4. The van der Waals surface area contributed by atoms with Gasteiger partial charge in [0.1, 0.15) is 18.8 Å². The number of nitrogens with one attached hydrogen (secondary N) is 3. The molecule has 4 unspecified atom stereocenters. The molecule has 0 aromatic heterocycles. The SMILES string of the molecule is CC.CC.CC(=O)OCc1ccc(NC(=O)C(C)NC(=O)CNC(=O)CCCCCN2C(=O)C=CC2=O)cc1CCC1CC(O)[C@H](O)C(C(=O)O)O1.CCC. The normalized spacial score (nSPS) is 18.9. The number of aliphatic hydroxyl groups excluding tert-OH is 2. The van der Waals surface area contributed by atoms with Crippen molar-refractivity contribution < 1.29 is 58.4 Å². The van der Waals surface area contributed by atoms with E-state index in [1.54, 1.807) is 18.2 Å². The molecule has 2 aliphatic rings. The number of rotatable bonds is 17. The number of unbranched alkanes of at least 4 members (excludes halogenated alkanes) is 2. The van der Waals surface area contributed by atoms with Crippen LogP contribution in [-0.4, -0.2) is 105 Å². The third-order valence-electron chi connectivity index (χ3n) is 7.83. The number of carbonyl (C=O) groups is 7. The number of nitrogens with zero attached hydrogens (tertiary/aromatic N) is 1. The molecule has 55 heavy (non-hydrogen) atoms. The van der Waals surface area contributed by atoms with Gasteiger partial charge < -0.3 is 40.7 Å². The van der Waals surface area contributed by atoms with Gasteiger partial charge in [0.05, 0.1) is 18.8 Å². The first kappa shape index (κ1) is 50.3. The standard InChI is InChI=1S/C32H42N4O12.C3H8.2C2H6/c1-18(34-26(40)16-33-25(39)6-4-3-5-13-36-27(41)11-12-28(36)42)31(44)35-22-9-7-21(17-47-19(2)37)20(14-22)8-10-23-15-24(38)29(43)30(48-23)32(45)46;1-3-2;2*1-2/h7,9,11-12,14,18,23-24,29-30,38,43H,3-6,8,10,13,15-17H2,1-2H3,(H,33,39)(H,34,40)(H,35,44)(H,45,46);3H2,1-2H3;2*1-2H3/t18?,23?,24?,29-,30?;;;/m0.../s1. The molecule has 0 aliphatic carbocycles. The number of anilines is 1. The molecule has 0 spiro atoms. The Bertz CT molecular complexity index is 1420. The number of carboxylic acid groups (broad SMARTS) is 1. The molecule has 0 radical (unpaired) electrons. The second-order valence-corrected chi connectivity index (χ2v) is 12.3. The minimum Gasteiger partial charge on any atom is -0.479 e. The number of imide groups is 1. The first-order chi connectivity index (χ1) is 26.2. The fourth-order valence-corrected chi connectivity index (χ4v) is 5.18. The summed E-state index contributed by atoms with van der Waals surface area (Å²) in [5, 5.41) is 37.1. The van der Waals surface area contributed by atoms with E-state index in [-0.39, 0.29) is 56.7 Å². The molecule has 1 aromatic rings. The summed E-state index contributed by atoms with van der Waals surface area (Å²) in [6.45, 7) is 14.9. The molecule has 3 rings (SSSR count). The minimum atomic E-state index is -1.58. The fourth-order valence-electron chi connectivity index (χ4n) is 5.18. The largest absolute Gasteiger partial charge is 0.479 e. The van der Waals surface area contributed by atoms with Gasteiger partial charge in [0.25, 0.3) is 11.8 Å². The molecule has 1 aromatic carbocycles. The highest BCUT2D eigenvalue weighted by molar-refractivity contribution is 6.12. The molecule has 1 fully saturated rings. The average molecular weight is 779 g/mol. The number of hydrogen-bond acceptors (Lipinski definition) is 11. The zero-order valence-corrected chi connectivity index (χ0v) is 33.5. The van der Waals surface area contributed by atoms with Crippen molar-refractivity contribution in [2.45, 2.75) is 144 Å². The lowest BCUT2D eigenvalue weighted by Gasteiger charge is -2.35. The number of hydrogen-bond donors (Lipinski definition) is 6. The van der Waals surface area contributed by atoms with Crippen LogP contribution in [0.4, 0.5) is 5.69 Å². The fraction of sp³-hybridized carbons (Fsp3) is 0.615. The van der Waals surface area contributed by atoms with E-state index in [1.165, 1.54) is 32.4 Å². The van der Waals surface area contributed by atoms with Crippen molar-refractivity contribution in [3.63, 3.8) is 0 Å². The molecule has 16 nitrogen and oxygen atoms in total. The maximum Gasteiger partial charge on any atom is 0.335 e. The predicted molar refractivity (Wildman–Crippen MR) is 205 cm³/mol.